The van der Waals surface area contributed by atoms with E-state index in [0.29, 0.717) is 30.2 Å². The summed E-state index contributed by atoms with van der Waals surface area (Å²) in [6.07, 6.45) is 4.51. The van der Waals surface area contributed by atoms with Crippen molar-refractivity contribution in [3.8, 4) is 22.6 Å². The zero-order valence-corrected chi connectivity index (χ0v) is 18.3. The number of esters is 1. The van der Waals surface area contributed by atoms with Crippen molar-refractivity contribution in [1.82, 2.24) is 0 Å². The van der Waals surface area contributed by atoms with E-state index in [1.807, 2.05) is 54.6 Å². The van der Waals surface area contributed by atoms with Crippen molar-refractivity contribution < 1.29 is 19.0 Å². The van der Waals surface area contributed by atoms with Crippen molar-refractivity contribution >= 4 is 23.4 Å². The number of benzene rings is 3. The minimum atomic E-state index is -0.404. The van der Waals surface area contributed by atoms with E-state index in [2.05, 4.69) is 0 Å². The van der Waals surface area contributed by atoms with Crippen LogP contribution in [-0.2, 0) is 16.0 Å². The molecule has 0 heterocycles. The normalized spacial score (nSPS) is 10.8. The number of nitrogens with two attached hydrogens (primary N) is 2. The lowest BCUT2D eigenvalue weighted by molar-refractivity contribution is -0.137. The Morgan fingerprint density at radius 2 is 1.56 bits per heavy atom. The maximum absolute atomic E-state index is 12.1. The van der Waals surface area contributed by atoms with Crippen molar-refractivity contribution in [3.05, 3.63) is 77.9 Å². The maximum Gasteiger partial charge on any atom is 0.330 e. The summed E-state index contributed by atoms with van der Waals surface area (Å²) in [6.45, 7) is 0.311. The van der Waals surface area contributed by atoms with Gasteiger partial charge in [-0.3, -0.25) is 0 Å². The maximum atomic E-state index is 12.1. The van der Waals surface area contributed by atoms with Gasteiger partial charge in [0.15, 0.2) is 0 Å². The van der Waals surface area contributed by atoms with E-state index in [9.17, 15) is 4.79 Å². The highest BCUT2D eigenvalue weighted by Gasteiger charge is 2.06. The van der Waals surface area contributed by atoms with Crippen LogP contribution >= 0.6 is 0 Å². The van der Waals surface area contributed by atoms with Crippen LogP contribution in [0.5, 0.6) is 11.5 Å². The molecule has 0 atom stereocenters. The van der Waals surface area contributed by atoms with Crippen molar-refractivity contribution in [2.45, 2.75) is 12.8 Å². The Morgan fingerprint density at radius 1 is 0.875 bits per heavy atom. The van der Waals surface area contributed by atoms with E-state index in [4.69, 9.17) is 25.7 Å². The Labute approximate surface area is 188 Å². The molecule has 3 rings (SSSR count). The van der Waals surface area contributed by atoms with Gasteiger partial charge in [0.05, 0.1) is 20.8 Å². The molecule has 3 aromatic rings. The molecule has 4 N–H and O–H groups in total. The SMILES string of the molecule is COc1ccc(-c2ccc(/C=C/C(=O)OCCCc3cc(N)cc(N)c3)c(OC)c2)cc1. The van der Waals surface area contributed by atoms with Gasteiger partial charge in [-0.2, -0.15) is 0 Å². The second kappa shape index (κ2) is 10.9. The second-order valence-electron chi connectivity index (χ2n) is 7.30. The second-order valence-corrected chi connectivity index (χ2v) is 7.30. The molecular weight excluding hydrogens is 404 g/mol. The minimum absolute atomic E-state index is 0.311. The van der Waals surface area contributed by atoms with Crippen molar-refractivity contribution in [2.24, 2.45) is 0 Å². The van der Waals surface area contributed by atoms with Crippen LogP contribution < -0.4 is 20.9 Å². The van der Waals surface area contributed by atoms with Crippen LogP contribution in [0.1, 0.15) is 17.5 Å². The smallest absolute Gasteiger partial charge is 0.330 e. The third-order valence-corrected chi connectivity index (χ3v) is 4.95. The van der Waals surface area contributed by atoms with Crippen molar-refractivity contribution in [1.29, 1.82) is 0 Å². The lowest BCUT2D eigenvalue weighted by Crippen LogP contribution is -2.04. The molecule has 32 heavy (non-hydrogen) atoms. The molecule has 0 unspecified atom stereocenters. The average Bonchev–Trinajstić information content (AvgIpc) is 2.80. The first-order valence-corrected chi connectivity index (χ1v) is 10.3. The van der Waals surface area contributed by atoms with Crippen LogP contribution in [0.15, 0.2) is 66.7 Å². The van der Waals surface area contributed by atoms with Crippen LogP contribution in [0.4, 0.5) is 11.4 Å². The Kier molecular flexibility index (Phi) is 7.75. The summed E-state index contributed by atoms with van der Waals surface area (Å²) < 4.78 is 16.0. The summed E-state index contributed by atoms with van der Waals surface area (Å²) >= 11 is 0. The third-order valence-electron chi connectivity index (χ3n) is 4.95. The van der Waals surface area contributed by atoms with Crippen molar-refractivity contribution in [3.63, 3.8) is 0 Å². The molecule has 0 saturated heterocycles. The fourth-order valence-electron chi connectivity index (χ4n) is 3.36. The molecule has 0 amide bonds. The Hall–Kier alpha value is -3.93. The predicted octanol–water partition coefficient (Wildman–Crippen LogP) is 4.72. The van der Waals surface area contributed by atoms with E-state index in [1.165, 1.54) is 6.08 Å². The topological polar surface area (TPSA) is 96.8 Å². The third kappa shape index (κ3) is 6.28. The summed E-state index contributed by atoms with van der Waals surface area (Å²) in [5.74, 6) is 1.07. The fourth-order valence-corrected chi connectivity index (χ4v) is 3.36. The van der Waals surface area contributed by atoms with E-state index >= 15 is 0 Å². The highest BCUT2D eigenvalue weighted by atomic mass is 16.5. The van der Waals surface area contributed by atoms with E-state index < -0.39 is 5.97 Å². The van der Waals surface area contributed by atoms with E-state index in [0.717, 1.165) is 34.4 Å². The molecule has 0 spiro atoms. The summed E-state index contributed by atoms with van der Waals surface area (Å²) in [5.41, 5.74) is 16.7. The molecule has 0 aromatic heterocycles. The quantitative estimate of drug-likeness (QED) is 0.220. The minimum Gasteiger partial charge on any atom is -0.497 e. The zero-order valence-electron chi connectivity index (χ0n) is 18.3. The molecule has 3 aromatic carbocycles. The molecular formula is C26H28N2O4. The molecule has 0 aliphatic heterocycles. The summed E-state index contributed by atoms with van der Waals surface area (Å²) in [7, 11) is 3.24. The Balaban J connectivity index is 1.55. The number of methoxy groups -OCH3 is 2. The van der Waals surface area contributed by atoms with Crippen LogP contribution in [0.2, 0.25) is 0 Å². The first-order valence-electron chi connectivity index (χ1n) is 10.3. The van der Waals surface area contributed by atoms with Gasteiger partial charge < -0.3 is 25.7 Å². The number of carbonyl (C=O) groups excluding carboxylic acids is 1. The largest absolute Gasteiger partial charge is 0.497 e. The molecule has 0 fully saturated rings. The van der Waals surface area contributed by atoms with Crippen LogP contribution in [0, 0.1) is 0 Å². The number of carbonyl (C=O) groups is 1. The van der Waals surface area contributed by atoms with Gasteiger partial charge in [-0.1, -0.05) is 24.3 Å². The van der Waals surface area contributed by atoms with Crippen LogP contribution in [-0.4, -0.2) is 26.8 Å². The summed E-state index contributed by atoms with van der Waals surface area (Å²) in [6, 6.07) is 19.1. The Morgan fingerprint density at radius 3 is 2.22 bits per heavy atom. The van der Waals surface area contributed by atoms with Gasteiger partial charge in [-0.15, -0.1) is 0 Å². The highest BCUT2D eigenvalue weighted by molar-refractivity contribution is 5.88. The molecule has 166 valence electrons. The monoisotopic (exact) mass is 432 g/mol. The Bertz CT molecular complexity index is 1070. The molecule has 0 radical (unpaired) electrons. The molecule has 6 heteroatoms. The summed E-state index contributed by atoms with van der Waals surface area (Å²) in [4.78, 5) is 12.1. The van der Waals surface area contributed by atoms with Gasteiger partial charge in [0.2, 0.25) is 0 Å². The average molecular weight is 433 g/mol. The molecule has 0 aliphatic rings. The number of nitrogen functional groups attached to an aromatic ring is 2. The lowest BCUT2D eigenvalue weighted by atomic mass is 10.0. The van der Waals surface area contributed by atoms with Crippen molar-refractivity contribution in [2.75, 3.05) is 32.3 Å². The van der Waals surface area contributed by atoms with Gasteiger partial charge >= 0.3 is 5.97 Å². The number of anilines is 2. The van der Waals surface area contributed by atoms with Gasteiger partial charge in [-0.05, 0) is 72.0 Å². The molecule has 0 bridgehead atoms. The number of hydrogen-bond acceptors (Lipinski definition) is 6. The van der Waals surface area contributed by atoms with Crippen LogP contribution in [0.3, 0.4) is 0 Å². The van der Waals surface area contributed by atoms with E-state index in [1.54, 1.807) is 26.4 Å². The van der Waals surface area contributed by atoms with Crippen LogP contribution in [0.25, 0.3) is 17.2 Å². The highest BCUT2D eigenvalue weighted by Crippen LogP contribution is 2.29. The van der Waals surface area contributed by atoms with Gasteiger partial charge in [0.1, 0.15) is 11.5 Å². The van der Waals surface area contributed by atoms with Gasteiger partial charge in [-0.25, -0.2) is 4.79 Å². The predicted molar refractivity (Wildman–Crippen MR) is 129 cm³/mol. The first-order chi connectivity index (χ1) is 15.5. The zero-order chi connectivity index (χ0) is 22.9. The standard InChI is InChI=1S/C26H28N2O4/c1-30-24-10-7-19(8-11-24)21-6-5-20(25(16-21)31-2)9-12-26(29)32-13-3-4-18-14-22(27)17-23(28)15-18/h5-12,14-17H,3-4,13,27-28H2,1-2H3/b12-9+. The number of hydrogen-bond donors (Lipinski definition) is 2. The molecule has 0 aliphatic carbocycles. The number of aryl methyl sites for hydroxylation is 1. The number of rotatable bonds is 9. The number of ether oxygens (including phenoxy) is 3. The van der Waals surface area contributed by atoms with Gasteiger partial charge in [0, 0.05) is 23.0 Å². The first kappa shape index (κ1) is 22.7. The fraction of sp³-hybridized carbons (Fsp3) is 0.192. The van der Waals surface area contributed by atoms with E-state index in [-0.39, 0.29) is 0 Å². The lowest BCUT2D eigenvalue weighted by Gasteiger charge is -2.09. The van der Waals surface area contributed by atoms with Gasteiger partial charge in [0.25, 0.3) is 0 Å². The molecule has 0 saturated carbocycles. The summed E-state index contributed by atoms with van der Waals surface area (Å²) in [5, 5.41) is 0. The molecule has 6 nitrogen and oxygen atoms in total.